The van der Waals surface area contributed by atoms with E-state index in [1.165, 1.54) is 38.4 Å². The van der Waals surface area contributed by atoms with E-state index in [9.17, 15) is 0 Å². The normalized spacial score (nSPS) is 15.3. The van der Waals surface area contributed by atoms with Gasteiger partial charge in [0.15, 0.2) is 0 Å². The van der Waals surface area contributed by atoms with E-state index in [2.05, 4.69) is 83.3 Å². The van der Waals surface area contributed by atoms with Crippen molar-refractivity contribution in [2.45, 2.75) is 19.9 Å². The second kappa shape index (κ2) is 8.02. The number of fused-ring (bicyclic) bond motifs is 2. The van der Waals surface area contributed by atoms with Gasteiger partial charge in [-0.05, 0) is 40.5 Å². The Hall–Kier alpha value is -2.62. The number of hydrogen-bond acceptors (Lipinski definition) is 2. The summed E-state index contributed by atoms with van der Waals surface area (Å²) in [6.45, 7) is 8.10. The van der Waals surface area contributed by atoms with Crippen LogP contribution in [0.25, 0.3) is 21.7 Å². The zero-order valence-corrected chi connectivity index (χ0v) is 17.1. The van der Waals surface area contributed by atoms with Gasteiger partial charge in [-0.3, -0.25) is 4.90 Å². The molecule has 29 heavy (non-hydrogen) atoms. The molecule has 3 aromatic carbocycles. The Morgan fingerprint density at radius 2 is 1.48 bits per heavy atom. The Morgan fingerprint density at radius 3 is 2.31 bits per heavy atom. The zero-order chi connectivity index (χ0) is 19.6. The maximum absolute atomic E-state index is 5.49. The summed E-state index contributed by atoms with van der Waals surface area (Å²) in [5.41, 5.74) is 5.50. The van der Waals surface area contributed by atoms with E-state index >= 15 is 0 Å². The van der Waals surface area contributed by atoms with Gasteiger partial charge in [-0.25, -0.2) is 0 Å². The third-order valence-corrected chi connectivity index (χ3v) is 6.25. The van der Waals surface area contributed by atoms with Crippen LogP contribution in [0.4, 0.5) is 0 Å². The van der Waals surface area contributed by atoms with Crippen LogP contribution in [-0.4, -0.2) is 42.3 Å². The number of nitrogens with zero attached hydrogens (tertiary/aromatic N) is 2. The van der Waals surface area contributed by atoms with Crippen LogP contribution in [0.15, 0.2) is 66.9 Å². The third kappa shape index (κ3) is 3.68. The van der Waals surface area contributed by atoms with E-state index in [1.54, 1.807) is 0 Å². The molecule has 3 heteroatoms. The van der Waals surface area contributed by atoms with E-state index in [4.69, 9.17) is 4.74 Å². The zero-order valence-electron chi connectivity index (χ0n) is 17.1. The average Bonchev–Trinajstić information content (AvgIpc) is 3.13. The first-order valence-corrected chi connectivity index (χ1v) is 10.6. The van der Waals surface area contributed by atoms with Crippen molar-refractivity contribution >= 4 is 21.7 Å². The highest BCUT2D eigenvalue weighted by atomic mass is 16.5. The van der Waals surface area contributed by atoms with Crippen molar-refractivity contribution in [1.82, 2.24) is 9.47 Å². The molecule has 1 aromatic heterocycles. The third-order valence-electron chi connectivity index (χ3n) is 6.25. The highest BCUT2D eigenvalue weighted by Crippen LogP contribution is 2.28. The van der Waals surface area contributed by atoms with Gasteiger partial charge in [-0.1, -0.05) is 54.6 Å². The van der Waals surface area contributed by atoms with Gasteiger partial charge in [0.05, 0.1) is 13.2 Å². The van der Waals surface area contributed by atoms with E-state index in [-0.39, 0.29) is 0 Å². The summed E-state index contributed by atoms with van der Waals surface area (Å²) < 4.78 is 7.93. The number of para-hydroxylation sites is 1. The summed E-state index contributed by atoms with van der Waals surface area (Å²) in [5, 5.41) is 4.11. The molecule has 0 bridgehead atoms. The highest BCUT2D eigenvalue weighted by molar-refractivity contribution is 5.90. The van der Waals surface area contributed by atoms with E-state index < -0.39 is 0 Å². The summed E-state index contributed by atoms with van der Waals surface area (Å²) in [4.78, 5) is 2.51. The highest BCUT2D eigenvalue weighted by Gasteiger charge is 2.13. The minimum absolute atomic E-state index is 0.859. The predicted octanol–water partition coefficient (Wildman–Crippen LogP) is 5.03. The lowest BCUT2D eigenvalue weighted by Gasteiger charge is -2.26. The Kier molecular flexibility index (Phi) is 5.09. The van der Waals surface area contributed by atoms with E-state index in [1.807, 2.05) is 0 Å². The number of aromatic nitrogens is 1. The van der Waals surface area contributed by atoms with Gasteiger partial charge in [0.25, 0.3) is 0 Å². The molecule has 0 unspecified atom stereocenters. The quantitative estimate of drug-likeness (QED) is 0.480. The fourth-order valence-corrected chi connectivity index (χ4v) is 4.59. The summed E-state index contributed by atoms with van der Waals surface area (Å²) >= 11 is 0. The standard InChI is InChI=1S/C26H28N2O/c1-20-10-11-21(24-7-3-2-6-23(20)24)18-22-19-28(26-9-5-4-8-25(22)26)13-12-27-14-16-29-17-15-27/h2-11,19H,12-18H2,1H3. The van der Waals surface area contributed by atoms with Crippen LogP contribution in [0.5, 0.6) is 0 Å². The molecule has 1 aliphatic rings. The summed E-state index contributed by atoms with van der Waals surface area (Å²) in [7, 11) is 0. The van der Waals surface area contributed by atoms with Gasteiger partial charge in [-0.15, -0.1) is 0 Å². The van der Waals surface area contributed by atoms with Crippen LogP contribution < -0.4 is 0 Å². The number of hydrogen-bond donors (Lipinski definition) is 0. The number of aryl methyl sites for hydroxylation is 1. The van der Waals surface area contributed by atoms with Gasteiger partial charge in [-0.2, -0.15) is 0 Å². The second-order valence-corrected chi connectivity index (χ2v) is 8.08. The number of benzene rings is 3. The van der Waals surface area contributed by atoms with Gasteiger partial charge >= 0.3 is 0 Å². The van der Waals surface area contributed by atoms with Crippen LogP contribution in [0.2, 0.25) is 0 Å². The van der Waals surface area contributed by atoms with Crippen molar-refractivity contribution in [3.05, 3.63) is 83.6 Å². The Bertz CT molecular complexity index is 1140. The summed E-state index contributed by atoms with van der Waals surface area (Å²) in [5.74, 6) is 0. The van der Waals surface area contributed by atoms with Crippen LogP contribution in [0, 0.1) is 6.92 Å². The lowest BCUT2D eigenvalue weighted by atomic mass is 9.96. The molecule has 0 N–H and O–H groups in total. The molecule has 1 fully saturated rings. The number of ether oxygens (including phenoxy) is 1. The lowest BCUT2D eigenvalue weighted by molar-refractivity contribution is 0.0365. The first-order chi connectivity index (χ1) is 14.3. The van der Waals surface area contributed by atoms with Gasteiger partial charge in [0, 0.05) is 49.7 Å². The Labute approximate surface area is 172 Å². The molecule has 2 heterocycles. The van der Waals surface area contributed by atoms with Crippen molar-refractivity contribution in [3.8, 4) is 0 Å². The Balaban J connectivity index is 1.47. The van der Waals surface area contributed by atoms with Crippen LogP contribution in [-0.2, 0) is 17.7 Å². The SMILES string of the molecule is Cc1ccc(Cc2cn(CCN3CCOCC3)c3ccccc23)c2ccccc12. The molecule has 0 amide bonds. The van der Waals surface area contributed by atoms with E-state index in [0.29, 0.717) is 0 Å². The van der Waals surface area contributed by atoms with E-state index in [0.717, 1.165) is 45.8 Å². The number of morpholine rings is 1. The predicted molar refractivity (Wildman–Crippen MR) is 121 cm³/mol. The van der Waals surface area contributed by atoms with Crippen molar-refractivity contribution in [2.75, 3.05) is 32.8 Å². The monoisotopic (exact) mass is 384 g/mol. The average molecular weight is 385 g/mol. The molecule has 1 aliphatic heterocycles. The van der Waals surface area contributed by atoms with Crippen LogP contribution in [0.3, 0.4) is 0 Å². The summed E-state index contributed by atoms with van der Waals surface area (Å²) in [6, 6.07) is 22.2. The van der Waals surface area contributed by atoms with Gasteiger partial charge in [0.1, 0.15) is 0 Å². The van der Waals surface area contributed by atoms with Crippen molar-refractivity contribution in [3.63, 3.8) is 0 Å². The molecule has 0 radical (unpaired) electrons. The fourth-order valence-electron chi connectivity index (χ4n) is 4.59. The first kappa shape index (κ1) is 18.4. The molecular weight excluding hydrogens is 356 g/mol. The van der Waals surface area contributed by atoms with Crippen LogP contribution >= 0.6 is 0 Å². The number of rotatable bonds is 5. The summed E-state index contributed by atoms with van der Waals surface area (Å²) in [6.07, 6.45) is 3.34. The fraction of sp³-hybridized carbons (Fsp3) is 0.308. The first-order valence-electron chi connectivity index (χ1n) is 10.6. The Morgan fingerprint density at radius 1 is 0.759 bits per heavy atom. The molecule has 0 atom stereocenters. The van der Waals surface area contributed by atoms with Crippen molar-refractivity contribution < 1.29 is 4.74 Å². The molecule has 1 saturated heterocycles. The van der Waals surface area contributed by atoms with Gasteiger partial charge < -0.3 is 9.30 Å². The van der Waals surface area contributed by atoms with Crippen molar-refractivity contribution in [2.24, 2.45) is 0 Å². The lowest BCUT2D eigenvalue weighted by Crippen LogP contribution is -2.38. The molecule has 5 rings (SSSR count). The second-order valence-electron chi connectivity index (χ2n) is 8.08. The molecule has 0 aliphatic carbocycles. The largest absolute Gasteiger partial charge is 0.379 e. The van der Waals surface area contributed by atoms with Crippen LogP contribution in [0.1, 0.15) is 16.7 Å². The maximum atomic E-state index is 5.49. The molecule has 0 spiro atoms. The topological polar surface area (TPSA) is 17.4 Å². The molecular formula is C26H28N2O. The molecule has 0 saturated carbocycles. The molecule has 3 nitrogen and oxygen atoms in total. The van der Waals surface area contributed by atoms with Gasteiger partial charge in [0.2, 0.25) is 0 Å². The van der Waals surface area contributed by atoms with Crippen molar-refractivity contribution in [1.29, 1.82) is 0 Å². The minimum Gasteiger partial charge on any atom is -0.379 e. The molecule has 4 aromatic rings. The minimum atomic E-state index is 0.859. The smallest absolute Gasteiger partial charge is 0.0594 e. The molecule has 148 valence electrons. The maximum Gasteiger partial charge on any atom is 0.0594 e.